The van der Waals surface area contributed by atoms with Gasteiger partial charge in [0.05, 0.1) is 31.5 Å². The van der Waals surface area contributed by atoms with Crippen molar-refractivity contribution in [2.24, 2.45) is 0 Å². The normalized spacial score (nSPS) is 11.8. The summed E-state index contributed by atoms with van der Waals surface area (Å²) in [5.41, 5.74) is 0.994. The van der Waals surface area contributed by atoms with Gasteiger partial charge in [-0.2, -0.15) is 0 Å². The monoisotopic (exact) mass is 460 g/mol. The molecule has 0 atom stereocenters. The fraction of sp³-hybridized carbons (Fsp3) is 0. The van der Waals surface area contributed by atoms with E-state index in [9.17, 15) is 25.0 Å². The second-order valence-corrected chi connectivity index (χ2v) is 7.98. The van der Waals surface area contributed by atoms with Crippen LogP contribution < -0.4 is 14.8 Å². The summed E-state index contributed by atoms with van der Waals surface area (Å²) in [5, 5.41) is 22.3. The van der Waals surface area contributed by atoms with Crippen LogP contribution in [0.15, 0.2) is 71.5 Å². The van der Waals surface area contributed by atoms with E-state index in [1.807, 2.05) is 24.3 Å². The Balaban J connectivity index is 1.53. The molecule has 2 aromatic heterocycles. The number of thiazole rings is 1. The van der Waals surface area contributed by atoms with Crippen molar-refractivity contribution in [3.05, 3.63) is 107 Å². The smallest absolute Gasteiger partial charge is 0.318 e. The molecule has 0 bridgehead atoms. The third kappa shape index (κ3) is 3.66. The summed E-state index contributed by atoms with van der Waals surface area (Å²) in [7, 11) is 0. The lowest BCUT2D eigenvalue weighted by atomic mass is 10.2. The van der Waals surface area contributed by atoms with Gasteiger partial charge in [-0.15, -0.1) is 0 Å². The van der Waals surface area contributed by atoms with Crippen molar-refractivity contribution in [1.29, 1.82) is 0 Å². The molecule has 5 rings (SSSR count). The van der Waals surface area contributed by atoms with E-state index in [1.54, 1.807) is 34.7 Å². The molecule has 0 aliphatic carbocycles. The molecule has 0 saturated carbocycles. The van der Waals surface area contributed by atoms with Crippen LogP contribution in [0.25, 0.3) is 22.1 Å². The maximum atomic E-state index is 12.9. The number of non-ortho nitro benzene ring substituents is 1. The Hall–Kier alpha value is -4.64. The summed E-state index contributed by atoms with van der Waals surface area (Å²) in [5.74, 6) is 0.147. The molecule has 11 heteroatoms. The second kappa shape index (κ2) is 7.80. The van der Waals surface area contributed by atoms with E-state index in [4.69, 9.17) is 4.74 Å². The van der Waals surface area contributed by atoms with E-state index in [-0.39, 0.29) is 17.1 Å². The summed E-state index contributed by atoms with van der Waals surface area (Å²) in [6.07, 6.45) is 1.69. The SMILES string of the molecule is O=c1/c(=C/c2cccc(Oc3ccc([N+](=O)[O-])cc3[N+](=O)[O-])c2)sc2nc3ccccc3n12. The van der Waals surface area contributed by atoms with E-state index >= 15 is 0 Å². The first-order valence-corrected chi connectivity index (χ1v) is 10.3. The molecule has 162 valence electrons. The first kappa shape index (κ1) is 20.3. The van der Waals surface area contributed by atoms with Gasteiger partial charge in [0.25, 0.3) is 11.2 Å². The minimum Gasteiger partial charge on any atom is -0.450 e. The lowest BCUT2D eigenvalue weighted by Crippen LogP contribution is -2.22. The lowest BCUT2D eigenvalue weighted by Gasteiger charge is -2.07. The quantitative estimate of drug-likeness (QED) is 0.285. The summed E-state index contributed by atoms with van der Waals surface area (Å²) >= 11 is 1.25. The van der Waals surface area contributed by atoms with Gasteiger partial charge in [0, 0.05) is 6.07 Å². The zero-order valence-corrected chi connectivity index (χ0v) is 17.4. The van der Waals surface area contributed by atoms with Crippen molar-refractivity contribution in [3.8, 4) is 11.5 Å². The molecule has 0 fully saturated rings. The van der Waals surface area contributed by atoms with Crippen molar-refractivity contribution in [1.82, 2.24) is 9.38 Å². The highest BCUT2D eigenvalue weighted by atomic mass is 32.1. The fourth-order valence-electron chi connectivity index (χ4n) is 3.41. The van der Waals surface area contributed by atoms with Crippen LogP contribution in [0.2, 0.25) is 0 Å². The molecule has 0 N–H and O–H groups in total. The Morgan fingerprint density at radius 3 is 2.58 bits per heavy atom. The molecule has 2 heterocycles. The molecule has 0 amide bonds. The number of rotatable bonds is 5. The molecule has 3 aromatic carbocycles. The van der Waals surface area contributed by atoms with E-state index in [0.717, 1.165) is 23.2 Å². The number of nitro benzene ring substituents is 2. The van der Waals surface area contributed by atoms with Crippen LogP contribution >= 0.6 is 11.3 Å². The fourth-order valence-corrected chi connectivity index (χ4v) is 4.39. The summed E-state index contributed by atoms with van der Waals surface area (Å²) in [4.78, 5) is 38.8. The lowest BCUT2D eigenvalue weighted by molar-refractivity contribution is -0.394. The topological polar surface area (TPSA) is 130 Å². The van der Waals surface area contributed by atoms with Crippen molar-refractivity contribution in [3.63, 3.8) is 0 Å². The number of nitro groups is 2. The summed E-state index contributed by atoms with van der Waals surface area (Å²) < 4.78 is 7.67. The van der Waals surface area contributed by atoms with Crippen LogP contribution in [0.3, 0.4) is 0 Å². The first-order valence-electron chi connectivity index (χ1n) is 9.53. The highest BCUT2D eigenvalue weighted by molar-refractivity contribution is 7.15. The number of nitrogens with zero attached hydrogens (tertiary/aromatic N) is 4. The minimum absolute atomic E-state index is 0.131. The van der Waals surface area contributed by atoms with E-state index in [1.165, 1.54) is 17.4 Å². The molecule has 0 radical (unpaired) electrons. The van der Waals surface area contributed by atoms with Crippen molar-refractivity contribution in [2.45, 2.75) is 0 Å². The second-order valence-electron chi connectivity index (χ2n) is 6.98. The van der Waals surface area contributed by atoms with Crippen LogP contribution in [0.1, 0.15) is 5.56 Å². The zero-order valence-electron chi connectivity index (χ0n) is 16.6. The third-order valence-corrected chi connectivity index (χ3v) is 5.85. The van der Waals surface area contributed by atoms with E-state index in [2.05, 4.69) is 4.98 Å². The summed E-state index contributed by atoms with van der Waals surface area (Å²) in [6.45, 7) is 0. The van der Waals surface area contributed by atoms with E-state index < -0.39 is 21.2 Å². The number of benzene rings is 3. The standard InChI is InChI=1S/C22H12N4O6S/c27-21-20(33-22-23-16-6-1-2-7-17(16)24(21)22)11-13-4-3-5-15(10-13)32-19-9-8-14(25(28)29)12-18(19)26(30)31/h1-12H/b20-11-. The predicted molar refractivity (Wildman–Crippen MR) is 122 cm³/mol. The molecule has 0 unspecified atom stereocenters. The predicted octanol–water partition coefficient (Wildman–Crippen LogP) is 4.07. The van der Waals surface area contributed by atoms with Crippen LogP contribution in [-0.2, 0) is 0 Å². The van der Waals surface area contributed by atoms with Gasteiger partial charge in [-0.3, -0.25) is 25.0 Å². The number of hydrogen-bond acceptors (Lipinski definition) is 8. The van der Waals surface area contributed by atoms with E-state index in [0.29, 0.717) is 15.1 Å². The molecule has 0 spiro atoms. The van der Waals surface area contributed by atoms with Crippen LogP contribution in [0, 0.1) is 20.2 Å². The van der Waals surface area contributed by atoms with Crippen LogP contribution in [0.4, 0.5) is 11.4 Å². The molecule has 33 heavy (non-hydrogen) atoms. The number of hydrogen-bond donors (Lipinski definition) is 0. The van der Waals surface area contributed by atoms with Crippen LogP contribution in [0.5, 0.6) is 11.5 Å². The van der Waals surface area contributed by atoms with Gasteiger partial charge in [-0.1, -0.05) is 35.6 Å². The van der Waals surface area contributed by atoms with Gasteiger partial charge < -0.3 is 4.74 Å². The highest BCUT2D eigenvalue weighted by Gasteiger charge is 2.21. The van der Waals surface area contributed by atoms with Crippen molar-refractivity contribution >= 4 is 44.8 Å². The van der Waals surface area contributed by atoms with Crippen LogP contribution in [-0.4, -0.2) is 19.2 Å². The average molecular weight is 460 g/mol. The third-order valence-electron chi connectivity index (χ3n) is 4.88. The van der Waals surface area contributed by atoms with Gasteiger partial charge in [0.1, 0.15) is 5.75 Å². The van der Waals surface area contributed by atoms with Gasteiger partial charge >= 0.3 is 5.69 Å². The summed E-state index contributed by atoms with van der Waals surface area (Å²) in [6, 6.07) is 17.2. The maximum Gasteiger partial charge on any atom is 0.318 e. The molecule has 0 saturated heterocycles. The van der Waals surface area contributed by atoms with Gasteiger partial charge in [0.2, 0.25) is 5.75 Å². The molecule has 10 nitrogen and oxygen atoms in total. The molecule has 0 aliphatic heterocycles. The largest absolute Gasteiger partial charge is 0.450 e. The maximum absolute atomic E-state index is 12.9. The molecular weight excluding hydrogens is 448 g/mol. The average Bonchev–Trinajstić information content (AvgIpc) is 3.30. The number of aromatic nitrogens is 2. The highest BCUT2D eigenvalue weighted by Crippen LogP contribution is 2.34. The molecular formula is C22H12N4O6S. The Bertz CT molecular complexity index is 1690. The first-order chi connectivity index (χ1) is 15.9. The zero-order chi connectivity index (χ0) is 23.1. The van der Waals surface area contributed by atoms with Gasteiger partial charge in [-0.25, -0.2) is 9.38 Å². The number of fused-ring (bicyclic) bond motifs is 3. The Kier molecular flexibility index (Phi) is 4.79. The Morgan fingerprint density at radius 1 is 0.970 bits per heavy atom. The molecule has 5 aromatic rings. The minimum atomic E-state index is -0.742. The Labute approximate surface area is 187 Å². The number of ether oxygens (including phenoxy) is 1. The van der Waals surface area contributed by atoms with Gasteiger partial charge in [-0.05, 0) is 42.0 Å². The number of para-hydroxylation sites is 2. The van der Waals surface area contributed by atoms with Crippen molar-refractivity contribution in [2.75, 3.05) is 0 Å². The number of imidazole rings is 1. The van der Waals surface area contributed by atoms with Crippen molar-refractivity contribution < 1.29 is 14.6 Å². The molecule has 0 aliphatic rings. The van der Waals surface area contributed by atoms with Gasteiger partial charge in [0.15, 0.2) is 4.96 Å². The Morgan fingerprint density at radius 2 is 1.79 bits per heavy atom.